The molecule has 0 fully saturated rings. The van der Waals surface area contributed by atoms with Gasteiger partial charge in [0.2, 0.25) is 11.8 Å². The van der Waals surface area contributed by atoms with Gasteiger partial charge >= 0.3 is 0 Å². The van der Waals surface area contributed by atoms with E-state index in [1.54, 1.807) is 0 Å². The van der Waals surface area contributed by atoms with Crippen LogP contribution < -0.4 is 10.1 Å². The Labute approximate surface area is 134 Å². The van der Waals surface area contributed by atoms with E-state index in [2.05, 4.69) is 22.2 Å². The van der Waals surface area contributed by atoms with E-state index in [0.29, 0.717) is 27.6 Å². The van der Waals surface area contributed by atoms with Crippen molar-refractivity contribution in [3.05, 3.63) is 39.5 Å². The summed E-state index contributed by atoms with van der Waals surface area (Å²) in [5, 5.41) is 4.15. The molecule has 0 spiro atoms. The number of hydrogen-bond donors (Lipinski definition) is 1. The third kappa shape index (κ3) is 3.99. The second-order valence-electron chi connectivity index (χ2n) is 4.74. The first kappa shape index (κ1) is 15.9. The molecule has 0 aliphatic carbocycles. The van der Waals surface area contributed by atoms with Crippen LogP contribution in [0.25, 0.3) is 0 Å². The second-order valence-corrected chi connectivity index (χ2v) is 5.59. The van der Waals surface area contributed by atoms with Crippen LogP contribution in [-0.4, -0.2) is 16.5 Å². The van der Waals surface area contributed by atoms with Gasteiger partial charge in [0.15, 0.2) is 0 Å². The van der Waals surface area contributed by atoms with Crippen LogP contribution in [0.2, 0.25) is 10.0 Å². The van der Waals surface area contributed by atoms with Gasteiger partial charge in [0, 0.05) is 11.6 Å². The number of halogens is 2. The fraction of sp³-hybridized carbons (Fsp3) is 0.333. The van der Waals surface area contributed by atoms with Crippen LogP contribution in [0, 0.1) is 13.8 Å². The molecule has 0 radical (unpaired) electrons. The third-order valence-electron chi connectivity index (χ3n) is 2.87. The Morgan fingerprint density at radius 1 is 1.19 bits per heavy atom. The lowest BCUT2D eigenvalue weighted by Gasteiger charge is -2.13. The number of nitrogens with one attached hydrogen (secondary N) is 1. The molecule has 0 unspecified atom stereocenters. The highest BCUT2D eigenvalue weighted by molar-refractivity contribution is 6.31. The largest absolute Gasteiger partial charge is 0.437 e. The molecule has 0 atom stereocenters. The number of benzene rings is 1. The highest BCUT2D eigenvalue weighted by Gasteiger charge is 2.12. The SMILES string of the molecule is CCCNc1ncc(Cl)c(Oc2c(C)cc(Cl)cc2C)n1. The Bertz CT molecular complexity index is 624. The third-order valence-corrected chi connectivity index (χ3v) is 3.35. The van der Waals surface area contributed by atoms with Crippen molar-refractivity contribution in [2.75, 3.05) is 11.9 Å². The number of anilines is 1. The number of nitrogens with zero attached hydrogens (tertiary/aromatic N) is 2. The summed E-state index contributed by atoms with van der Waals surface area (Å²) < 4.78 is 5.86. The molecular weight excluding hydrogens is 309 g/mol. The summed E-state index contributed by atoms with van der Waals surface area (Å²) in [7, 11) is 0. The van der Waals surface area contributed by atoms with E-state index in [4.69, 9.17) is 27.9 Å². The van der Waals surface area contributed by atoms with Crippen LogP contribution in [0.3, 0.4) is 0 Å². The van der Waals surface area contributed by atoms with Gasteiger partial charge in [0.1, 0.15) is 10.8 Å². The summed E-state index contributed by atoms with van der Waals surface area (Å²) in [5.74, 6) is 1.54. The van der Waals surface area contributed by atoms with Crippen LogP contribution >= 0.6 is 23.2 Å². The minimum absolute atomic E-state index is 0.332. The van der Waals surface area contributed by atoms with Gasteiger partial charge in [0.25, 0.3) is 0 Å². The van der Waals surface area contributed by atoms with Gasteiger partial charge in [-0.1, -0.05) is 30.1 Å². The van der Waals surface area contributed by atoms with Gasteiger partial charge in [-0.3, -0.25) is 0 Å². The summed E-state index contributed by atoms with van der Waals surface area (Å²) in [4.78, 5) is 8.42. The van der Waals surface area contributed by atoms with Crippen molar-refractivity contribution in [2.45, 2.75) is 27.2 Å². The van der Waals surface area contributed by atoms with Crippen molar-refractivity contribution < 1.29 is 4.74 Å². The van der Waals surface area contributed by atoms with Gasteiger partial charge in [-0.2, -0.15) is 4.98 Å². The minimum Gasteiger partial charge on any atom is -0.437 e. The monoisotopic (exact) mass is 325 g/mol. The van der Waals surface area contributed by atoms with E-state index in [9.17, 15) is 0 Å². The Hall–Kier alpha value is -1.52. The summed E-state index contributed by atoms with van der Waals surface area (Å²) in [6.07, 6.45) is 2.51. The molecule has 1 N–H and O–H groups in total. The van der Waals surface area contributed by atoms with Crippen molar-refractivity contribution in [3.8, 4) is 11.6 Å². The molecule has 21 heavy (non-hydrogen) atoms. The molecule has 2 aromatic rings. The maximum absolute atomic E-state index is 6.11. The Kier molecular flexibility index (Phi) is 5.26. The van der Waals surface area contributed by atoms with Crippen molar-refractivity contribution in [2.24, 2.45) is 0 Å². The first-order valence-electron chi connectivity index (χ1n) is 6.72. The summed E-state index contributed by atoms with van der Waals surface area (Å²) in [6, 6.07) is 3.68. The van der Waals surface area contributed by atoms with E-state index < -0.39 is 0 Å². The van der Waals surface area contributed by atoms with E-state index >= 15 is 0 Å². The zero-order valence-corrected chi connectivity index (χ0v) is 13.7. The van der Waals surface area contributed by atoms with Gasteiger partial charge in [0.05, 0.1) is 6.20 Å². The Balaban J connectivity index is 2.31. The molecule has 1 aromatic heterocycles. The van der Waals surface area contributed by atoms with Crippen LogP contribution in [0.4, 0.5) is 5.95 Å². The fourth-order valence-electron chi connectivity index (χ4n) is 1.90. The van der Waals surface area contributed by atoms with Crippen molar-refractivity contribution in [3.63, 3.8) is 0 Å². The lowest BCUT2D eigenvalue weighted by atomic mass is 10.1. The van der Waals surface area contributed by atoms with Gasteiger partial charge in [-0.15, -0.1) is 0 Å². The van der Waals surface area contributed by atoms with Crippen molar-refractivity contribution >= 4 is 29.2 Å². The maximum Gasteiger partial charge on any atom is 0.243 e. The molecule has 0 bridgehead atoms. The van der Waals surface area contributed by atoms with E-state index in [0.717, 1.165) is 24.1 Å². The number of hydrogen-bond acceptors (Lipinski definition) is 4. The van der Waals surface area contributed by atoms with E-state index in [-0.39, 0.29) is 0 Å². The van der Waals surface area contributed by atoms with Crippen LogP contribution in [0.5, 0.6) is 11.6 Å². The van der Waals surface area contributed by atoms with Gasteiger partial charge < -0.3 is 10.1 Å². The summed E-state index contributed by atoms with van der Waals surface area (Å²) in [5.41, 5.74) is 1.86. The molecule has 4 nitrogen and oxygen atoms in total. The number of rotatable bonds is 5. The number of ether oxygens (including phenoxy) is 1. The van der Waals surface area contributed by atoms with Gasteiger partial charge in [-0.25, -0.2) is 4.98 Å². The molecule has 0 saturated heterocycles. The maximum atomic E-state index is 6.11. The number of aromatic nitrogens is 2. The standard InChI is InChI=1S/C15H17Cl2N3O/c1-4-5-18-15-19-8-12(17)14(20-15)21-13-9(2)6-11(16)7-10(13)3/h6-8H,4-5H2,1-3H3,(H,18,19,20). The fourth-order valence-corrected chi connectivity index (χ4v) is 2.36. The van der Waals surface area contributed by atoms with Crippen LogP contribution in [0.1, 0.15) is 24.5 Å². The predicted molar refractivity (Wildman–Crippen MR) is 86.8 cm³/mol. The molecular formula is C15H17Cl2N3O. The predicted octanol–water partition coefficient (Wildman–Crippen LogP) is 5.01. The molecule has 6 heteroatoms. The molecule has 0 aliphatic heterocycles. The lowest BCUT2D eigenvalue weighted by Crippen LogP contribution is -2.05. The molecule has 112 valence electrons. The average molecular weight is 326 g/mol. The van der Waals surface area contributed by atoms with Crippen molar-refractivity contribution in [1.29, 1.82) is 0 Å². The Morgan fingerprint density at radius 3 is 2.48 bits per heavy atom. The second kappa shape index (κ2) is 6.96. The van der Waals surface area contributed by atoms with E-state index in [1.165, 1.54) is 6.20 Å². The zero-order chi connectivity index (χ0) is 15.4. The normalized spacial score (nSPS) is 10.5. The van der Waals surface area contributed by atoms with Crippen LogP contribution in [-0.2, 0) is 0 Å². The summed E-state index contributed by atoms with van der Waals surface area (Å²) >= 11 is 12.1. The molecule has 1 aromatic carbocycles. The molecule has 0 saturated carbocycles. The first-order valence-corrected chi connectivity index (χ1v) is 7.48. The van der Waals surface area contributed by atoms with Crippen LogP contribution in [0.15, 0.2) is 18.3 Å². The molecule has 1 heterocycles. The molecule has 2 rings (SSSR count). The quantitative estimate of drug-likeness (QED) is 0.838. The lowest BCUT2D eigenvalue weighted by molar-refractivity contribution is 0.455. The van der Waals surface area contributed by atoms with E-state index in [1.807, 2.05) is 26.0 Å². The molecule has 0 amide bonds. The smallest absolute Gasteiger partial charge is 0.243 e. The van der Waals surface area contributed by atoms with Gasteiger partial charge in [-0.05, 0) is 43.5 Å². The van der Waals surface area contributed by atoms with Crippen molar-refractivity contribution in [1.82, 2.24) is 9.97 Å². The number of aryl methyl sites for hydroxylation is 2. The topological polar surface area (TPSA) is 47.0 Å². The average Bonchev–Trinajstić information content (AvgIpc) is 2.43. The highest BCUT2D eigenvalue weighted by atomic mass is 35.5. The first-order chi connectivity index (χ1) is 10.0. The molecule has 0 aliphatic rings. The zero-order valence-electron chi connectivity index (χ0n) is 12.2. The Morgan fingerprint density at radius 2 is 1.86 bits per heavy atom. The minimum atomic E-state index is 0.332. The summed E-state index contributed by atoms with van der Waals surface area (Å²) in [6.45, 7) is 6.72. The highest BCUT2D eigenvalue weighted by Crippen LogP contribution is 2.33.